The molecule has 1 aliphatic rings. The van der Waals surface area contributed by atoms with E-state index in [9.17, 15) is 9.18 Å². The summed E-state index contributed by atoms with van der Waals surface area (Å²) in [7, 11) is 3.78. The predicted octanol–water partition coefficient (Wildman–Crippen LogP) is 4.18. The zero-order valence-electron chi connectivity index (χ0n) is 19.2. The second kappa shape index (κ2) is 9.94. The van der Waals surface area contributed by atoms with Gasteiger partial charge in [0, 0.05) is 44.8 Å². The number of anilines is 1. The summed E-state index contributed by atoms with van der Waals surface area (Å²) in [6, 6.07) is 7.83. The Kier molecular flexibility index (Phi) is 6.82. The number of hydrogen-bond acceptors (Lipinski definition) is 6. The second-order valence-electron chi connectivity index (χ2n) is 8.37. The van der Waals surface area contributed by atoms with Gasteiger partial charge in [0.2, 0.25) is 5.95 Å². The normalized spacial score (nSPS) is 15.9. The lowest BCUT2D eigenvalue weighted by Gasteiger charge is -2.36. The quantitative estimate of drug-likeness (QED) is 0.562. The summed E-state index contributed by atoms with van der Waals surface area (Å²) in [5.74, 6) is -0.0155. The molecule has 4 rings (SSSR count). The molecular formula is C25H28FN5O2. The monoisotopic (exact) mass is 449 g/mol. The number of rotatable bonds is 6. The summed E-state index contributed by atoms with van der Waals surface area (Å²) in [6.07, 6.45) is 8.05. The number of benzene rings is 1. The van der Waals surface area contributed by atoms with E-state index < -0.39 is 5.82 Å². The summed E-state index contributed by atoms with van der Waals surface area (Å²) in [5.41, 5.74) is 3.70. The number of likely N-dealkylation sites (tertiary alicyclic amines) is 1. The molecule has 1 unspecified atom stereocenters. The van der Waals surface area contributed by atoms with E-state index in [-0.39, 0.29) is 24.3 Å². The highest BCUT2D eigenvalue weighted by Crippen LogP contribution is 2.37. The highest BCUT2D eigenvalue weighted by Gasteiger charge is 2.32. The summed E-state index contributed by atoms with van der Waals surface area (Å²) in [6.45, 7) is 2.37. The summed E-state index contributed by atoms with van der Waals surface area (Å²) >= 11 is 0. The number of carbonyl (C=O) groups is 1. The summed E-state index contributed by atoms with van der Waals surface area (Å²) in [5, 5.41) is 0. The molecule has 0 radical (unpaired) electrons. The maximum absolute atomic E-state index is 13.9. The number of amides is 1. The van der Waals surface area contributed by atoms with E-state index in [1.165, 1.54) is 12.1 Å². The van der Waals surface area contributed by atoms with Crippen molar-refractivity contribution in [2.75, 3.05) is 32.1 Å². The highest BCUT2D eigenvalue weighted by atomic mass is 19.1. The van der Waals surface area contributed by atoms with Crippen LogP contribution in [0.3, 0.4) is 0 Å². The van der Waals surface area contributed by atoms with E-state index in [1.807, 2.05) is 49.3 Å². The van der Waals surface area contributed by atoms with Gasteiger partial charge in [-0.3, -0.25) is 9.78 Å². The molecule has 33 heavy (non-hydrogen) atoms. The van der Waals surface area contributed by atoms with Gasteiger partial charge in [-0.05, 0) is 55.5 Å². The Morgan fingerprint density at radius 2 is 2.00 bits per heavy atom. The molecule has 8 heteroatoms. The van der Waals surface area contributed by atoms with Crippen LogP contribution in [0.25, 0.3) is 11.1 Å². The number of halogens is 1. The fourth-order valence-electron chi connectivity index (χ4n) is 4.14. The van der Waals surface area contributed by atoms with E-state index in [4.69, 9.17) is 9.72 Å². The van der Waals surface area contributed by atoms with Gasteiger partial charge in [0.25, 0.3) is 5.91 Å². The minimum atomic E-state index is -0.484. The van der Waals surface area contributed by atoms with Crippen LogP contribution in [0, 0.1) is 12.7 Å². The number of ether oxygens (including phenoxy) is 1. The zero-order valence-corrected chi connectivity index (χ0v) is 19.2. The molecule has 1 atom stereocenters. The third-order valence-electron chi connectivity index (χ3n) is 5.84. The topological polar surface area (TPSA) is 71.5 Å². The SMILES string of the molecule is Cc1cnccc1-c1cnc(N(C)C)nc1C1CCCCN1C(=O)COc1ccccc1F. The molecule has 0 N–H and O–H groups in total. The molecule has 0 bridgehead atoms. The van der Waals surface area contributed by atoms with Crippen LogP contribution in [0.1, 0.15) is 36.6 Å². The molecule has 1 aliphatic heterocycles. The van der Waals surface area contributed by atoms with Crippen LogP contribution in [0.4, 0.5) is 10.3 Å². The van der Waals surface area contributed by atoms with Crippen molar-refractivity contribution in [1.82, 2.24) is 19.9 Å². The van der Waals surface area contributed by atoms with Crippen LogP contribution >= 0.6 is 0 Å². The van der Waals surface area contributed by atoms with Gasteiger partial charge in [-0.2, -0.15) is 0 Å². The van der Waals surface area contributed by atoms with Gasteiger partial charge in [-0.25, -0.2) is 14.4 Å². The molecule has 1 amide bonds. The summed E-state index contributed by atoms with van der Waals surface area (Å²) in [4.78, 5) is 30.5. The molecule has 3 heterocycles. The maximum atomic E-state index is 13.9. The lowest BCUT2D eigenvalue weighted by atomic mass is 9.93. The number of pyridine rings is 1. The highest BCUT2D eigenvalue weighted by molar-refractivity contribution is 5.79. The van der Waals surface area contributed by atoms with Gasteiger partial charge >= 0.3 is 0 Å². The van der Waals surface area contributed by atoms with Crippen LogP contribution in [-0.2, 0) is 4.79 Å². The smallest absolute Gasteiger partial charge is 0.261 e. The van der Waals surface area contributed by atoms with Crippen molar-refractivity contribution < 1.29 is 13.9 Å². The summed E-state index contributed by atoms with van der Waals surface area (Å²) < 4.78 is 19.5. The third-order valence-corrected chi connectivity index (χ3v) is 5.84. The first kappa shape index (κ1) is 22.6. The van der Waals surface area contributed by atoms with Gasteiger partial charge in [-0.15, -0.1) is 0 Å². The Balaban J connectivity index is 1.68. The van der Waals surface area contributed by atoms with E-state index in [0.29, 0.717) is 12.5 Å². The van der Waals surface area contributed by atoms with E-state index in [2.05, 4.69) is 9.97 Å². The first-order valence-electron chi connectivity index (χ1n) is 11.1. The molecule has 2 aromatic heterocycles. The average molecular weight is 450 g/mol. The number of para-hydroxylation sites is 1. The van der Waals surface area contributed by atoms with Gasteiger partial charge in [-0.1, -0.05) is 12.1 Å². The van der Waals surface area contributed by atoms with Crippen LogP contribution in [0.2, 0.25) is 0 Å². The Morgan fingerprint density at radius 3 is 2.76 bits per heavy atom. The minimum absolute atomic E-state index is 0.0736. The molecule has 0 saturated carbocycles. The fourth-order valence-corrected chi connectivity index (χ4v) is 4.14. The Labute approximate surface area is 193 Å². The minimum Gasteiger partial charge on any atom is -0.481 e. The third kappa shape index (κ3) is 4.94. The zero-order chi connectivity index (χ0) is 23.4. The van der Waals surface area contributed by atoms with Crippen LogP contribution in [0.5, 0.6) is 5.75 Å². The van der Waals surface area contributed by atoms with Gasteiger partial charge in [0.1, 0.15) is 0 Å². The van der Waals surface area contributed by atoms with Crippen LogP contribution in [0.15, 0.2) is 48.9 Å². The maximum Gasteiger partial charge on any atom is 0.261 e. The number of hydrogen-bond donors (Lipinski definition) is 0. The second-order valence-corrected chi connectivity index (χ2v) is 8.37. The standard InChI is InChI=1S/C25H28FN5O2/c1-17-14-27-12-11-18(17)19-15-28-25(30(2)3)29-24(19)21-9-6-7-13-31(21)23(32)16-33-22-10-5-4-8-20(22)26/h4-5,8,10-12,14-15,21H,6-7,9,13,16H2,1-3H3. The van der Waals surface area contributed by atoms with Crippen LogP contribution < -0.4 is 9.64 Å². The number of carbonyl (C=O) groups excluding carboxylic acids is 1. The predicted molar refractivity (Wildman–Crippen MR) is 125 cm³/mol. The average Bonchev–Trinajstić information content (AvgIpc) is 2.83. The Hall–Kier alpha value is -3.55. The fraction of sp³-hybridized carbons (Fsp3) is 0.360. The molecule has 1 fully saturated rings. The van der Waals surface area contributed by atoms with Gasteiger partial charge < -0.3 is 14.5 Å². The molecule has 172 valence electrons. The molecule has 1 saturated heterocycles. The van der Waals surface area contributed by atoms with Crippen molar-refractivity contribution in [3.63, 3.8) is 0 Å². The van der Waals surface area contributed by atoms with E-state index in [1.54, 1.807) is 18.3 Å². The lowest BCUT2D eigenvalue weighted by molar-refractivity contribution is -0.137. The van der Waals surface area contributed by atoms with Crippen molar-refractivity contribution in [1.29, 1.82) is 0 Å². The molecule has 7 nitrogen and oxygen atoms in total. The molecule has 1 aromatic carbocycles. The van der Waals surface area contributed by atoms with Crippen molar-refractivity contribution in [2.45, 2.75) is 32.2 Å². The van der Waals surface area contributed by atoms with Crippen molar-refractivity contribution >= 4 is 11.9 Å². The first-order valence-corrected chi connectivity index (χ1v) is 11.1. The van der Waals surface area contributed by atoms with Crippen molar-refractivity contribution in [2.24, 2.45) is 0 Å². The Bertz CT molecular complexity index is 1140. The van der Waals surface area contributed by atoms with Gasteiger partial charge in [0.15, 0.2) is 18.2 Å². The number of nitrogens with zero attached hydrogens (tertiary/aromatic N) is 5. The number of aromatic nitrogens is 3. The van der Waals surface area contributed by atoms with E-state index in [0.717, 1.165) is 41.6 Å². The molecular weight excluding hydrogens is 421 g/mol. The van der Waals surface area contributed by atoms with Crippen LogP contribution in [-0.4, -0.2) is 53.0 Å². The molecule has 0 spiro atoms. The first-order chi connectivity index (χ1) is 16.0. The van der Waals surface area contributed by atoms with Crippen molar-refractivity contribution in [3.05, 3.63) is 66.0 Å². The molecule has 3 aromatic rings. The number of aryl methyl sites for hydroxylation is 1. The number of piperidine rings is 1. The van der Waals surface area contributed by atoms with Crippen molar-refractivity contribution in [3.8, 4) is 16.9 Å². The largest absolute Gasteiger partial charge is 0.481 e. The van der Waals surface area contributed by atoms with E-state index >= 15 is 0 Å². The molecule has 0 aliphatic carbocycles. The van der Waals surface area contributed by atoms with Gasteiger partial charge in [0.05, 0.1) is 11.7 Å². The Morgan fingerprint density at radius 1 is 1.18 bits per heavy atom. The lowest BCUT2D eigenvalue weighted by Crippen LogP contribution is -2.41.